The Bertz CT molecular complexity index is 1360. The third-order valence-corrected chi connectivity index (χ3v) is 7.44. The van der Waals surface area contributed by atoms with Crippen molar-refractivity contribution in [3.63, 3.8) is 0 Å². The molecular formula is C26H23N3O5. The monoisotopic (exact) mass is 457 g/mol. The summed E-state index contributed by atoms with van der Waals surface area (Å²) in [5.41, 5.74) is 2.19. The highest BCUT2D eigenvalue weighted by Crippen LogP contribution is 2.53. The number of rotatable bonds is 5. The van der Waals surface area contributed by atoms with Gasteiger partial charge in [-0.25, -0.2) is 0 Å². The van der Waals surface area contributed by atoms with E-state index in [9.17, 15) is 9.59 Å². The number of nitrogens with zero attached hydrogens (tertiary/aromatic N) is 1. The van der Waals surface area contributed by atoms with Crippen LogP contribution in [0.1, 0.15) is 5.56 Å². The first-order chi connectivity index (χ1) is 16.6. The first-order valence-electron chi connectivity index (χ1n) is 11.5. The Hall–Kier alpha value is -3.78. The van der Waals surface area contributed by atoms with Gasteiger partial charge in [0.25, 0.3) is 0 Å². The van der Waals surface area contributed by atoms with E-state index in [0.29, 0.717) is 31.0 Å². The largest absolute Gasteiger partial charge is 0.454 e. The highest BCUT2D eigenvalue weighted by Gasteiger charge is 2.67. The quantitative estimate of drug-likeness (QED) is 0.575. The molecule has 1 spiro atoms. The Morgan fingerprint density at radius 1 is 1.18 bits per heavy atom. The minimum atomic E-state index is -0.767. The number of H-pyrrole nitrogens is 1. The van der Waals surface area contributed by atoms with Crippen LogP contribution in [0.3, 0.4) is 0 Å². The third-order valence-electron chi connectivity index (χ3n) is 7.44. The molecule has 2 N–H and O–H groups in total. The fraction of sp³-hybridized carbons (Fsp3) is 0.308. The maximum absolute atomic E-state index is 13.5. The van der Waals surface area contributed by atoms with E-state index in [1.165, 1.54) is 0 Å². The van der Waals surface area contributed by atoms with E-state index in [2.05, 4.69) is 16.4 Å². The van der Waals surface area contributed by atoms with Gasteiger partial charge in [-0.2, -0.15) is 0 Å². The molecule has 4 atom stereocenters. The Morgan fingerprint density at radius 3 is 3.00 bits per heavy atom. The van der Waals surface area contributed by atoms with Gasteiger partial charge in [0.15, 0.2) is 11.5 Å². The number of aromatic amines is 1. The third kappa shape index (κ3) is 2.75. The number of carbonyl (C=O) groups is 2. The molecule has 7 rings (SSSR count). The van der Waals surface area contributed by atoms with Gasteiger partial charge in [-0.3, -0.25) is 9.59 Å². The van der Waals surface area contributed by atoms with Crippen molar-refractivity contribution >= 4 is 28.4 Å². The molecule has 1 aromatic heterocycles. The van der Waals surface area contributed by atoms with Gasteiger partial charge in [0.1, 0.15) is 5.60 Å². The van der Waals surface area contributed by atoms with Crippen LogP contribution in [-0.2, 0) is 20.7 Å². The molecule has 0 radical (unpaired) electrons. The summed E-state index contributed by atoms with van der Waals surface area (Å²) in [6, 6.07) is 13.6. The molecule has 8 nitrogen and oxygen atoms in total. The lowest BCUT2D eigenvalue weighted by Crippen LogP contribution is -2.44. The summed E-state index contributed by atoms with van der Waals surface area (Å²) >= 11 is 0. The van der Waals surface area contributed by atoms with Crippen LogP contribution >= 0.6 is 0 Å². The molecule has 172 valence electrons. The molecule has 8 heteroatoms. The fourth-order valence-electron chi connectivity index (χ4n) is 5.85. The predicted molar refractivity (Wildman–Crippen MR) is 124 cm³/mol. The van der Waals surface area contributed by atoms with Crippen molar-refractivity contribution < 1.29 is 23.8 Å². The van der Waals surface area contributed by atoms with Crippen LogP contribution in [0.2, 0.25) is 0 Å². The second-order valence-corrected chi connectivity index (χ2v) is 9.26. The van der Waals surface area contributed by atoms with Crippen molar-refractivity contribution in [3.05, 3.63) is 66.4 Å². The smallest absolute Gasteiger partial charge is 0.234 e. The SMILES string of the molecule is O=C(NCCc1c[nH]c2ccccc12)C1C2C(=O)N(c3ccc4c(c3)OCO4)CC23C=C[C@@H]1O3. The number of carbonyl (C=O) groups excluding carboxylic acids is 2. The molecule has 3 unspecified atom stereocenters. The Balaban J connectivity index is 1.08. The van der Waals surface area contributed by atoms with Gasteiger partial charge >= 0.3 is 0 Å². The maximum Gasteiger partial charge on any atom is 0.234 e. The van der Waals surface area contributed by atoms with E-state index < -0.39 is 17.4 Å². The number of aromatic nitrogens is 1. The summed E-state index contributed by atoms with van der Waals surface area (Å²) in [5.74, 6) is -0.0320. The average Bonchev–Trinajstić information content (AvgIpc) is 3.66. The molecule has 2 amide bonds. The summed E-state index contributed by atoms with van der Waals surface area (Å²) in [7, 11) is 0. The van der Waals surface area contributed by atoms with Crippen molar-refractivity contribution in [2.24, 2.45) is 11.8 Å². The number of hydrogen-bond donors (Lipinski definition) is 2. The van der Waals surface area contributed by atoms with Crippen molar-refractivity contribution in [1.82, 2.24) is 10.3 Å². The lowest BCUT2D eigenvalue weighted by Gasteiger charge is -2.23. The van der Waals surface area contributed by atoms with Gasteiger partial charge in [0.05, 0.1) is 24.5 Å². The zero-order valence-electron chi connectivity index (χ0n) is 18.3. The number of hydrogen-bond acceptors (Lipinski definition) is 5. The van der Waals surface area contributed by atoms with E-state index in [-0.39, 0.29) is 24.7 Å². The molecule has 2 fully saturated rings. The van der Waals surface area contributed by atoms with Gasteiger partial charge in [-0.1, -0.05) is 30.4 Å². The Kier molecular flexibility index (Phi) is 4.11. The number of nitrogens with one attached hydrogen (secondary N) is 2. The van der Waals surface area contributed by atoms with Crippen molar-refractivity contribution in [3.8, 4) is 11.5 Å². The second-order valence-electron chi connectivity index (χ2n) is 9.26. The van der Waals surface area contributed by atoms with E-state index in [4.69, 9.17) is 14.2 Å². The molecule has 0 saturated carbocycles. The predicted octanol–water partition coefficient (Wildman–Crippen LogP) is 2.54. The molecule has 4 aliphatic rings. The number of ether oxygens (including phenoxy) is 3. The zero-order chi connectivity index (χ0) is 22.9. The summed E-state index contributed by atoms with van der Waals surface area (Å²) in [6.07, 6.45) is 6.20. The van der Waals surface area contributed by atoms with Crippen LogP contribution in [0.25, 0.3) is 10.9 Å². The van der Waals surface area contributed by atoms with E-state index >= 15 is 0 Å². The van der Waals surface area contributed by atoms with Gasteiger partial charge in [-0.15, -0.1) is 0 Å². The van der Waals surface area contributed by atoms with Gasteiger partial charge in [0.2, 0.25) is 18.6 Å². The topological polar surface area (TPSA) is 92.9 Å². The van der Waals surface area contributed by atoms with Crippen LogP contribution in [0.5, 0.6) is 11.5 Å². The maximum atomic E-state index is 13.5. The Morgan fingerprint density at radius 2 is 2.06 bits per heavy atom. The number of para-hydroxylation sites is 1. The molecule has 0 aliphatic carbocycles. The van der Waals surface area contributed by atoms with Crippen molar-refractivity contribution in [2.45, 2.75) is 18.1 Å². The molecule has 3 aromatic rings. The van der Waals surface area contributed by atoms with Gasteiger partial charge in [-0.05, 0) is 30.2 Å². The van der Waals surface area contributed by atoms with E-state index in [1.54, 1.807) is 11.0 Å². The Labute approximate surface area is 195 Å². The highest BCUT2D eigenvalue weighted by molar-refractivity contribution is 6.03. The van der Waals surface area contributed by atoms with Crippen molar-refractivity contribution in [2.75, 3.05) is 24.8 Å². The highest BCUT2D eigenvalue weighted by atomic mass is 16.7. The van der Waals surface area contributed by atoms with Gasteiger partial charge in [0, 0.05) is 35.4 Å². The number of fused-ring (bicyclic) bond motifs is 3. The lowest BCUT2D eigenvalue weighted by molar-refractivity contribution is -0.131. The molecule has 34 heavy (non-hydrogen) atoms. The van der Waals surface area contributed by atoms with Crippen LogP contribution in [0.4, 0.5) is 5.69 Å². The molecule has 2 saturated heterocycles. The van der Waals surface area contributed by atoms with E-state index in [0.717, 1.165) is 22.2 Å². The standard InChI is InChI=1S/C26H23N3O5/c30-24(27-10-8-15-12-28-18-4-2-1-3-17(15)18)22-20-7-9-26(34-20)13-29(25(31)23(22)26)16-5-6-19-21(11-16)33-14-32-19/h1-7,9,11-12,20,22-23,28H,8,10,13-14H2,(H,27,30)/t20-,22?,23?,26?/m0/s1. The fourth-order valence-corrected chi connectivity index (χ4v) is 5.85. The molecule has 2 aromatic carbocycles. The van der Waals surface area contributed by atoms with Crippen LogP contribution < -0.4 is 19.7 Å². The summed E-state index contributed by atoms with van der Waals surface area (Å²) < 4.78 is 17.1. The van der Waals surface area contributed by atoms with Gasteiger partial charge < -0.3 is 29.4 Å². The number of benzene rings is 2. The first kappa shape index (κ1) is 19.7. The summed E-state index contributed by atoms with van der Waals surface area (Å²) in [6.45, 7) is 1.04. The number of amides is 2. The molecule has 5 heterocycles. The molecule has 4 aliphatic heterocycles. The molecular weight excluding hydrogens is 434 g/mol. The van der Waals surface area contributed by atoms with E-state index in [1.807, 2.05) is 48.7 Å². The zero-order valence-corrected chi connectivity index (χ0v) is 18.3. The first-order valence-corrected chi connectivity index (χ1v) is 11.5. The average molecular weight is 457 g/mol. The lowest BCUT2D eigenvalue weighted by atomic mass is 9.77. The molecule has 2 bridgehead atoms. The minimum Gasteiger partial charge on any atom is -0.454 e. The minimum absolute atomic E-state index is 0.0949. The van der Waals surface area contributed by atoms with Crippen LogP contribution in [0.15, 0.2) is 60.8 Å². The number of anilines is 1. The summed E-state index contributed by atoms with van der Waals surface area (Å²) in [5, 5.41) is 4.22. The van der Waals surface area contributed by atoms with Crippen molar-refractivity contribution in [1.29, 1.82) is 0 Å². The normalized spacial score (nSPS) is 28.2. The summed E-state index contributed by atoms with van der Waals surface area (Å²) in [4.78, 5) is 31.8. The van der Waals surface area contributed by atoms with Crippen LogP contribution in [-0.4, -0.2) is 48.4 Å². The van der Waals surface area contributed by atoms with Crippen LogP contribution in [0, 0.1) is 11.8 Å². The second kappa shape index (κ2) is 7.11.